The minimum absolute atomic E-state index is 0.136. The Morgan fingerprint density at radius 1 is 1.10 bits per heavy atom. The van der Waals surface area contributed by atoms with E-state index in [4.69, 9.17) is 0 Å². The lowest BCUT2D eigenvalue weighted by Crippen LogP contribution is -2.27. The second-order valence-electron chi connectivity index (χ2n) is 7.76. The average molecular weight is 424 g/mol. The highest BCUT2D eigenvalue weighted by Crippen LogP contribution is 2.38. The van der Waals surface area contributed by atoms with Gasteiger partial charge < -0.3 is 10.2 Å². The van der Waals surface area contributed by atoms with Gasteiger partial charge in [0.25, 0.3) is 11.8 Å². The molecule has 1 fully saturated rings. The molecular weight excluding hydrogens is 402 g/mol. The van der Waals surface area contributed by atoms with E-state index in [1.165, 1.54) is 17.3 Å². The fraction of sp³-hybridized carbons (Fsp3) is 0.318. The van der Waals surface area contributed by atoms with Crippen molar-refractivity contribution in [3.8, 4) is 11.1 Å². The maximum Gasteiger partial charge on any atom is 0.266 e. The molecule has 0 aliphatic carbocycles. The van der Waals surface area contributed by atoms with Crippen molar-refractivity contribution in [2.24, 2.45) is 0 Å². The Bertz CT molecular complexity index is 1070. The molecule has 0 unspecified atom stereocenters. The Kier molecular flexibility index (Phi) is 5.58. The van der Waals surface area contributed by atoms with Crippen LogP contribution in [0.5, 0.6) is 0 Å². The molecule has 0 atom stereocenters. The van der Waals surface area contributed by atoms with Gasteiger partial charge in [-0.1, -0.05) is 13.8 Å². The number of nitrogens with one attached hydrogen (secondary N) is 1. The first kappa shape index (κ1) is 20.8. The van der Waals surface area contributed by atoms with E-state index >= 15 is 0 Å². The highest BCUT2D eigenvalue weighted by Gasteiger charge is 2.39. The van der Waals surface area contributed by atoms with Crippen LogP contribution in [-0.4, -0.2) is 44.9 Å². The molecule has 0 bridgehead atoms. The van der Waals surface area contributed by atoms with E-state index in [-0.39, 0.29) is 24.4 Å². The molecule has 9 heteroatoms. The highest BCUT2D eigenvalue weighted by atomic mass is 19.3. The van der Waals surface area contributed by atoms with E-state index in [9.17, 15) is 13.6 Å². The number of nitrogens with zero attached hydrogens (tertiary/aromatic N) is 5. The first-order valence-corrected chi connectivity index (χ1v) is 9.99. The van der Waals surface area contributed by atoms with E-state index in [1.54, 1.807) is 36.8 Å². The molecule has 1 amide bonds. The smallest absolute Gasteiger partial charge is 0.266 e. The average Bonchev–Trinajstić information content (AvgIpc) is 3.14. The van der Waals surface area contributed by atoms with Crippen LogP contribution in [0.3, 0.4) is 0 Å². The number of carbonyl (C=O) groups is 1. The molecule has 0 radical (unpaired) electrons. The summed E-state index contributed by atoms with van der Waals surface area (Å²) in [5.41, 5.74) is 2.08. The van der Waals surface area contributed by atoms with Crippen LogP contribution < -0.4 is 10.2 Å². The summed E-state index contributed by atoms with van der Waals surface area (Å²) in [7, 11) is 0. The lowest BCUT2D eigenvalue weighted by molar-refractivity contribution is 0.0257. The van der Waals surface area contributed by atoms with Gasteiger partial charge in [-0.05, 0) is 23.8 Å². The molecule has 7 nitrogen and oxygen atoms in total. The lowest BCUT2D eigenvalue weighted by Gasteiger charge is -2.23. The summed E-state index contributed by atoms with van der Waals surface area (Å²) in [5.74, 6) is -2.16. The molecule has 4 rings (SSSR count). The number of amides is 1. The van der Waals surface area contributed by atoms with Crippen LogP contribution in [0.15, 0.2) is 49.2 Å². The molecule has 31 heavy (non-hydrogen) atoms. The number of hydrogen-bond acceptors (Lipinski definition) is 6. The summed E-state index contributed by atoms with van der Waals surface area (Å²) in [4.78, 5) is 31.3. The number of hydrogen-bond donors (Lipinski definition) is 1. The second kappa shape index (κ2) is 8.33. The van der Waals surface area contributed by atoms with Crippen molar-refractivity contribution < 1.29 is 13.6 Å². The predicted molar refractivity (Wildman–Crippen MR) is 113 cm³/mol. The number of halogens is 2. The molecule has 4 heterocycles. The van der Waals surface area contributed by atoms with Crippen molar-refractivity contribution in [3.05, 3.63) is 60.6 Å². The van der Waals surface area contributed by atoms with Crippen LogP contribution in [0, 0.1) is 0 Å². The van der Waals surface area contributed by atoms with E-state index in [1.807, 2.05) is 13.8 Å². The summed E-state index contributed by atoms with van der Waals surface area (Å²) in [5, 5.41) is 2.86. The molecule has 3 aromatic heterocycles. The minimum Gasteiger partial charge on any atom is -0.349 e. The summed E-state index contributed by atoms with van der Waals surface area (Å²) in [6, 6.07) is 5.31. The Morgan fingerprint density at radius 3 is 2.42 bits per heavy atom. The SMILES string of the molecule is CC(C)c1ncc(C(=O)Nc2c(-c3ccncc3)ccnc2N2CCC(F)(F)C2)cn1. The van der Waals surface area contributed by atoms with Gasteiger partial charge in [0, 0.05) is 55.4 Å². The Labute approximate surface area is 178 Å². The number of rotatable bonds is 5. The Balaban J connectivity index is 1.72. The van der Waals surface area contributed by atoms with Crippen molar-refractivity contribution in [2.75, 3.05) is 23.3 Å². The van der Waals surface area contributed by atoms with Crippen LogP contribution >= 0.6 is 0 Å². The topological polar surface area (TPSA) is 83.9 Å². The van der Waals surface area contributed by atoms with Crippen molar-refractivity contribution in [1.29, 1.82) is 0 Å². The van der Waals surface area contributed by atoms with Gasteiger partial charge in [-0.25, -0.2) is 23.7 Å². The Hall–Kier alpha value is -3.49. The van der Waals surface area contributed by atoms with Crippen molar-refractivity contribution in [2.45, 2.75) is 32.1 Å². The first-order chi connectivity index (χ1) is 14.8. The van der Waals surface area contributed by atoms with Gasteiger partial charge in [0.15, 0.2) is 5.82 Å². The molecule has 1 aliphatic heterocycles. The highest BCUT2D eigenvalue weighted by molar-refractivity contribution is 6.08. The maximum atomic E-state index is 13.9. The largest absolute Gasteiger partial charge is 0.349 e. The fourth-order valence-corrected chi connectivity index (χ4v) is 3.44. The third-order valence-corrected chi connectivity index (χ3v) is 5.08. The van der Waals surface area contributed by atoms with Gasteiger partial charge in [0.05, 0.1) is 17.8 Å². The molecule has 0 saturated carbocycles. The van der Waals surface area contributed by atoms with Gasteiger partial charge in [-0.3, -0.25) is 9.78 Å². The molecule has 1 saturated heterocycles. The van der Waals surface area contributed by atoms with E-state index < -0.39 is 18.4 Å². The van der Waals surface area contributed by atoms with E-state index in [0.717, 1.165) is 5.56 Å². The van der Waals surface area contributed by atoms with Crippen LogP contribution in [0.1, 0.15) is 42.4 Å². The molecule has 160 valence electrons. The van der Waals surface area contributed by atoms with Crippen LogP contribution in [-0.2, 0) is 0 Å². The van der Waals surface area contributed by atoms with Gasteiger partial charge in [0.2, 0.25) is 0 Å². The van der Waals surface area contributed by atoms with Gasteiger partial charge in [-0.15, -0.1) is 0 Å². The van der Waals surface area contributed by atoms with Crippen molar-refractivity contribution in [3.63, 3.8) is 0 Å². The maximum absolute atomic E-state index is 13.9. The van der Waals surface area contributed by atoms with Crippen LogP contribution in [0.2, 0.25) is 0 Å². The monoisotopic (exact) mass is 424 g/mol. The number of aromatic nitrogens is 4. The number of alkyl halides is 2. The van der Waals surface area contributed by atoms with Gasteiger partial charge in [0.1, 0.15) is 5.82 Å². The third-order valence-electron chi connectivity index (χ3n) is 5.08. The van der Waals surface area contributed by atoms with E-state index in [0.29, 0.717) is 22.9 Å². The molecule has 3 aromatic rings. The number of carbonyl (C=O) groups excluding carboxylic acids is 1. The summed E-state index contributed by atoms with van der Waals surface area (Å²) >= 11 is 0. The molecule has 0 aromatic carbocycles. The van der Waals surface area contributed by atoms with Crippen molar-refractivity contribution >= 4 is 17.4 Å². The van der Waals surface area contributed by atoms with Gasteiger partial charge >= 0.3 is 0 Å². The van der Waals surface area contributed by atoms with Crippen LogP contribution in [0.4, 0.5) is 20.3 Å². The Morgan fingerprint density at radius 2 is 1.81 bits per heavy atom. The normalized spacial score (nSPS) is 15.3. The zero-order chi connectivity index (χ0) is 22.0. The molecular formula is C22H22F2N6O. The molecule has 1 aliphatic rings. The third kappa shape index (κ3) is 4.50. The fourth-order valence-electron chi connectivity index (χ4n) is 3.44. The van der Waals surface area contributed by atoms with E-state index in [2.05, 4.69) is 25.3 Å². The lowest BCUT2D eigenvalue weighted by atomic mass is 10.1. The van der Waals surface area contributed by atoms with Crippen molar-refractivity contribution in [1.82, 2.24) is 19.9 Å². The zero-order valence-electron chi connectivity index (χ0n) is 17.2. The van der Waals surface area contributed by atoms with Gasteiger partial charge in [-0.2, -0.15) is 0 Å². The standard InChI is InChI=1S/C22H22F2N6O/c1-14(2)19-27-11-16(12-28-19)21(31)29-18-17(15-3-7-25-8-4-15)5-9-26-20(18)30-10-6-22(23,24)13-30/h3-5,7-9,11-12,14H,6,10,13H2,1-2H3,(H,29,31). The predicted octanol–water partition coefficient (Wildman–Crippen LogP) is 4.15. The second-order valence-corrected chi connectivity index (χ2v) is 7.76. The minimum atomic E-state index is -2.80. The molecule has 0 spiro atoms. The molecule has 1 N–H and O–H groups in total. The quantitative estimate of drug-likeness (QED) is 0.662. The number of anilines is 2. The zero-order valence-corrected chi connectivity index (χ0v) is 17.2. The van der Waals surface area contributed by atoms with Crippen LogP contribution in [0.25, 0.3) is 11.1 Å². The summed E-state index contributed by atoms with van der Waals surface area (Å²) in [6.07, 6.45) is 7.48. The number of pyridine rings is 2. The first-order valence-electron chi connectivity index (χ1n) is 9.99. The summed E-state index contributed by atoms with van der Waals surface area (Å²) in [6.45, 7) is 3.62. The summed E-state index contributed by atoms with van der Waals surface area (Å²) < 4.78 is 27.8.